The molecule has 0 unspecified atom stereocenters. The van der Waals surface area contributed by atoms with E-state index in [0.29, 0.717) is 23.3 Å². The van der Waals surface area contributed by atoms with Crippen LogP contribution in [0.3, 0.4) is 0 Å². The van der Waals surface area contributed by atoms with E-state index < -0.39 is 0 Å². The van der Waals surface area contributed by atoms with Gasteiger partial charge in [-0.15, -0.1) is 11.3 Å². The number of rotatable bonds is 7. The minimum absolute atomic E-state index is 0.647. The molecule has 0 bridgehead atoms. The summed E-state index contributed by atoms with van der Waals surface area (Å²) in [6, 6.07) is 64.6. The third-order valence-corrected chi connectivity index (χ3v) is 10.9. The zero-order valence-corrected chi connectivity index (χ0v) is 30.4. The van der Waals surface area contributed by atoms with Gasteiger partial charge < -0.3 is 0 Å². The van der Waals surface area contributed by atoms with Crippen LogP contribution in [0.5, 0.6) is 0 Å². The van der Waals surface area contributed by atoms with Gasteiger partial charge in [0.2, 0.25) is 0 Å². The number of benzene rings is 7. The molecule has 0 saturated heterocycles. The zero-order chi connectivity index (χ0) is 36.6. The first-order valence-corrected chi connectivity index (χ1v) is 19.0. The third kappa shape index (κ3) is 6.35. The van der Waals surface area contributed by atoms with Crippen LogP contribution in [-0.2, 0) is 0 Å². The lowest BCUT2D eigenvalue weighted by molar-refractivity contribution is 1.07. The fourth-order valence-electron chi connectivity index (χ4n) is 7.04. The largest absolute Gasteiger partial charge is 0.228 e. The Morgan fingerprint density at radius 2 is 0.745 bits per heavy atom. The number of nitrogens with zero attached hydrogens (tertiary/aromatic N) is 5. The molecule has 0 aliphatic heterocycles. The van der Waals surface area contributed by atoms with E-state index in [1.165, 1.54) is 20.2 Å². The Balaban J connectivity index is 1.07. The van der Waals surface area contributed by atoms with E-state index in [0.717, 1.165) is 55.9 Å². The molecule has 0 saturated carbocycles. The fourth-order valence-corrected chi connectivity index (χ4v) is 8.16. The molecule has 10 aromatic rings. The summed E-state index contributed by atoms with van der Waals surface area (Å²) in [5.41, 5.74) is 9.96. The summed E-state index contributed by atoms with van der Waals surface area (Å²) in [7, 11) is 0. The van der Waals surface area contributed by atoms with Crippen molar-refractivity contribution >= 4 is 31.5 Å². The molecule has 6 heteroatoms. The van der Waals surface area contributed by atoms with Crippen LogP contribution in [0, 0.1) is 0 Å². The molecule has 3 aromatic heterocycles. The van der Waals surface area contributed by atoms with Gasteiger partial charge in [-0.3, -0.25) is 0 Å². The van der Waals surface area contributed by atoms with Crippen molar-refractivity contribution in [3.63, 3.8) is 0 Å². The first kappa shape index (κ1) is 32.5. The molecular weight excluding hydrogens is 691 g/mol. The number of thiophene rings is 1. The van der Waals surface area contributed by atoms with Crippen molar-refractivity contribution in [2.24, 2.45) is 0 Å². The lowest BCUT2D eigenvalue weighted by Gasteiger charge is -2.13. The molecule has 0 N–H and O–H groups in total. The fraction of sp³-hybridized carbons (Fsp3) is 0. The molecule has 7 aromatic carbocycles. The molecule has 0 radical (unpaired) electrons. The van der Waals surface area contributed by atoms with Gasteiger partial charge in [0.1, 0.15) is 0 Å². The van der Waals surface area contributed by atoms with E-state index in [2.05, 4.69) is 91.0 Å². The van der Waals surface area contributed by atoms with Gasteiger partial charge >= 0.3 is 0 Å². The second-order valence-corrected chi connectivity index (χ2v) is 14.4. The summed E-state index contributed by atoms with van der Waals surface area (Å²) in [6.45, 7) is 0. The first-order valence-electron chi connectivity index (χ1n) is 18.2. The number of hydrogen-bond donors (Lipinski definition) is 0. The Hall–Kier alpha value is -7.15. The second kappa shape index (κ2) is 14.0. The Morgan fingerprint density at radius 1 is 0.273 bits per heavy atom. The molecule has 258 valence electrons. The predicted octanol–water partition coefficient (Wildman–Crippen LogP) is 12.7. The molecule has 0 spiro atoms. The maximum Gasteiger partial charge on any atom is 0.164 e. The van der Waals surface area contributed by atoms with Gasteiger partial charge in [-0.2, -0.15) is 0 Å². The maximum absolute atomic E-state index is 5.15. The molecular formula is C49H31N5S. The predicted molar refractivity (Wildman–Crippen MR) is 226 cm³/mol. The second-order valence-electron chi connectivity index (χ2n) is 13.3. The normalized spacial score (nSPS) is 11.3. The summed E-state index contributed by atoms with van der Waals surface area (Å²) in [6.07, 6.45) is 0. The maximum atomic E-state index is 5.15. The standard InChI is InChI=1S/C49H31N5S/c1-5-15-32(16-6-1)42-31-43(51-46(50-42)33-17-7-2-8-18-33)39-24-14-13-23-38(39)36-25-27-40-41-29-37(26-28-44(41)55-45(40)30-36)49-53-47(34-19-9-3-10-20-34)52-48(54-49)35-21-11-4-12-22-35/h1-31H. The van der Waals surface area contributed by atoms with Crippen LogP contribution in [-0.4, -0.2) is 24.9 Å². The smallest absolute Gasteiger partial charge is 0.164 e. The summed E-state index contributed by atoms with van der Waals surface area (Å²) < 4.78 is 2.42. The van der Waals surface area contributed by atoms with Crippen molar-refractivity contribution in [1.29, 1.82) is 0 Å². The molecule has 10 rings (SSSR count). The minimum atomic E-state index is 0.647. The van der Waals surface area contributed by atoms with Gasteiger partial charge in [0, 0.05) is 53.6 Å². The van der Waals surface area contributed by atoms with E-state index >= 15 is 0 Å². The summed E-state index contributed by atoms with van der Waals surface area (Å²) in [5, 5.41) is 2.37. The van der Waals surface area contributed by atoms with E-state index in [1.807, 2.05) is 97.1 Å². The zero-order valence-electron chi connectivity index (χ0n) is 29.5. The Kier molecular flexibility index (Phi) is 8.28. The van der Waals surface area contributed by atoms with Crippen LogP contribution < -0.4 is 0 Å². The van der Waals surface area contributed by atoms with Crippen LogP contribution >= 0.6 is 11.3 Å². The Morgan fingerprint density at radius 3 is 1.35 bits per heavy atom. The molecule has 0 atom stereocenters. The lowest BCUT2D eigenvalue weighted by atomic mass is 9.95. The Bertz CT molecular complexity index is 2850. The molecule has 3 heterocycles. The van der Waals surface area contributed by atoms with Gasteiger partial charge in [-0.05, 0) is 41.5 Å². The third-order valence-electron chi connectivity index (χ3n) is 9.77. The highest BCUT2D eigenvalue weighted by Crippen LogP contribution is 2.41. The average molecular weight is 722 g/mol. The van der Waals surface area contributed by atoms with Crippen LogP contribution in [0.4, 0.5) is 0 Å². The summed E-state index contributed by atoms with van der Waals surface area (Å²) in [4.78, 5) is 25.0. The monoisotopic (exact) mass is 721 g/mol. The Labute approximate surface area is 322 Å². The van der Waals surface area contributed by atoms with Gasteiger partial charge in [-0.25, -0.2) is 24.9 Å². The quantitative estimate of drug-likeness (QED) is 0.164. The average Bonchev–Trinajstić information content (AvgIpc) is 3.64. The number of hydrogen-bond acceptors (Lipinski definition) is 6. The van der Waals surface area contributed by atoms with Crippen molar-refractivity contribution in [3.05, 3.63) is 188 Å². The van der Waals surface area contributed by atoms with Gasteiger partial charge in [0.15, 0.2) is 23.3 Å². The van der Waals surface area contributed by atoms with Crippen LogP contribution in [0.15, 0.2) is 188 Å². The molecule has 0 aliphatic rings. The molecule has 55 heavy (non-hydrogen) atoms. The van der Waals surface area contributed by atoms with E-state index in [4.69, 9.17) is 24.9 Å². The highest BCUT2D eigenvalue weighted by molar-refractivity contribution is 7.25. The summed E-state index contributed by atoms with van der Waals surface area (Å²) >= 11 is 1.80. The van der Waals surface area contributed by atoms with Crippen molar-refractivity contribution in [2.45, 2.75) is 0 Å². The molecule has 0 aliphatic carbocycles. The SMILES string of the molecule is c1ccc(-c2cc(-c3ccccc3-c3ccc4c(c3)sc3ccc(-c5nc(-c6ccccc6)nc(-c6ccccc6)n5)cc34)nc(-c3ccccc3)n2)cc1. The van der Waals surface area contributed by atoms with E-state index in [9.17, 15) is 0 Å². The minimum Gasteiger partial charge on any atom is -0.228 e. The van der Waals surface area contributed by atoms with Crippen molar-refractivity contribution in [3.8, 4) is 79.2 Å². The summed E-state index contributed by atoms with van der Waals surface area (Å²) in [5.74, 6) is 2.65. The molecule has 0 fully saturated rings. The van der Waals surface area contributed by atoms with Crippen LogP contribution in [0.25, 0.3) is 99.4 Å². The van der Waals surface area contributed by atoms with Crippen molar-refractivity contribution < 1.29 is 0 Å². The lowest BCUT2D eigenvalue weighted by Crippen LogP contribution is -2.00. The van der Waals surface area contributed by atoms with Gasteiger partial charge in [0.05, 0.1) is 11.4 Å². The molecule has 0 amide bonds. The van der Waals surface area contributed by atoms with Gasteiger partial charge in [-0.1, -0.05) is 158 Å². The highest BCUT2D eigenvalue weighted by atomic mass is 32.1. The van der Waals surface area contributed by atoms with Crippen molar-refractivity contribution in [1.82, 2.24) is 24.9 Å². The number of fused-ring (bicyclic) bond motifs is 3. The van der Waals surface area contributed by atoms with Crippen molar-refractivity contribution in [2.75, 3.05) is 0 Å². The molecule has 5 nitrogen and oxygen atoms in total. The topological polar surface area (TPSA) is 64.5 Å². The van der Waals surface area contributed by atoms with Crippen LogP contribution in [0.1, 0.15) is 0 Å². The van der Waals surface area contributed by atoms with Crippen LogP contribution in [0.2, 0.25) is 0 Å². The van der Waals surface area contributed by atoms with Gasteiger partial charge in [0.25, 0.3) is 0 Å². The van der Waals surface area contributed by atoms with E-state index in [1.54, 1.807) is 11.3 Å². The van der Waals surface area contributed by atoms with E-state index in [-0.39, 0.29) is 0 Å². The first-order chi connectivity index (χ1) is 27.2. The number of aromatic nitrogens is 5. The highest BCUT2D eigenvalue weighted by Gasteiger charge is 2.17.